The summed E-state index contributed by atoms with van der Waals surface area (Å²) in [4.78, 5) is 0. The van der Waals surface area contributed by atoms with Crippen LogP contribution in [0, 0.1) is 0 Å². The Morgan fingerprint density at radius 1 is 0.296 bits per heavy atom. The minimum absolute atomic E-state index is 1.03. The number of rotatable bonds is 5. The Balaban J connectivity index is 1.07. The number of fused-ring (bicyclic) bond motifs is 2. The van der Waals surface area contributed by atoms with E-state index in [0.717, 1.165) is 12.8 Å². The Hall–Kier alpha value is -6.76. The molecule has 0 spiro atoms. The number of aryl methyl sites for hydroxylation is 1. The molecular weight excluding hydrogens is 649 g/mol. The van der Waals surface area contributed by atoms with Gasteiger partial charge >= 0.3 is 0 Å². The highest BCUT2D eigenvalue weighted by atomic mass is 14.2. The van der Waals surface area contributed by atoms with Gasteiger partial charge in [0, 0.05) is 0 Å². The second kappa shape index (κ2) is 12.4. The lowest BCUT2D eigenvalue weighted by Gasteiger charge is -2.22. The zero-order valence-corrected chi connectivity index (χ0v) is 29.9. The molecule has 0 aliphatic heterocycles. The number of hydrogen-bond acceptors (Lipinski definition) is 0. The predicted molar refractivity (Wildman–Crippen MR) is 231 cm³/mol. The Kier molecular flexibility index (Phi) is 7.10. The van der Waals surface area contributed by atoms with Gasteiger partial charge in [-0.15, -0.1) is 0 Å². The van der Waals surface area contributed by atoms with Crippen molar-refractivity contribution in [2.24, 2.45) is 0 Å². The Bertz CT molecular complexity index is 3000. The minimum Gasteiger partial charge on any atom is -0.0622 e. The smallest absolute Gasteiger partial charge is 0.00206 e. The molecule has 0 amide bonds. The second-order valence-corrected chi connectivity index (χ2v) is 14.8. The molecule has 0 unspecified atom stereocenters. The summed E-state index contributed by atoms with van der Waals surface area (Å²) in [7, 11) is 0. The van der Waals surface area contributed by atoms with Gasteiger partial charge in [-0.2, -0.15) is 0 Å². The van der Waals surface area contributed by atoms with Crippen LogP contribution in [-0.4, -0.2) is 0 Å². The Morgan fingerprint density at radius 2 is 0.833 bits per heavy atom. The maximum Gasteiger partial charge on any atom is -0.00206 e. The van der Waals surface area contributed by atoms with Crippen molar-refractivity contribution in [1.29, 1.82) is 0 Å². The van der Waals surface area contributed by atoms with E-state index >= 15 is 0 Å². The summed E-state index contributed by atoms with van der Waals surface area (Å²) in [6, 6.07) is 72.0. The lowest BCUT2D eigenvalue weighted by Crippen LogP contribution is -2.16. The van der Waals surface area contributed by atoms with Crippen LogP contribution >= 0.6 is 0 Å². The van der Waals surface area contributed by atoms with Gasteiger partial charge in [-0.1, -0.05) is 170 Å². The van der Waals surface area contributed by atoms with Crippen molar-refractivity contribution in [3.8, 4) is 44.5 Å². The van der Waals surface area contributed by atoms with E-state index in [9.17, 15) is 0 Å². The van der Waals surface area contributed by atoms with Gasteiger partial charge in [-0.05, 0) is 147 Å². The summed E-state index contributed by atoms with van der Waals surface area (Å²) >= 11 is 0. The second-order valence-electron chi connectivity index (χ2n) is 14.8. The van der Waals surface area contributed by atoms with Crippen LogP contribution < -0.4 is 5.22 Å². The highest BCUT2D eigenvalue weighted by Crippen LogP contribution is 2.43. The first kappa shape index (κ1) is 30.8. The molecule has 0 N–H and O–H groups in total. The van der Waals surface area contributed by atoms with Gasteiger partial charge in [0.25, 0.3) is 0 Å². The Labute approximate surface area is 315 Å². The molecule has 0 atom stereocenters. The first-order valence-corrected chi connectivity index (χ1v) is 19.0. The largest absolute Gasteiger partial charge is 0.0622 e. The van der Waals surface area contributed by atoms with Crippen molar-refractivity contribution in [3.05, 3.63) is 210 Å². The van der Waals surface area contributed by atoms with Crippen molar-refractivity contribution >= 4 is 48.7 Å². The molecule has 0 aromatic heterocycles. The van der Waals surface area contributed by atoms with Crippen LogP contribution in [0.15, 0.2) is 194 Å². The molecule has 252 valence electrons. The predicted octanol–water partition coefficient (Wildman–Crippen LogP) is 13.8. The highest BCUT2D eigenvalue weighted by Gasteiger charge is 2.20. The molecule has 0 saturated carbocycles. The van der Waals surface area contributed by atoms with Gasteiger partial charge in [-0.3, -0.25) is 0 Å². The molecule has 0 bridgehead atoms. The monoisotopic (exact) mass is 684 g/mol. The summed E-state index contributed by atoms with van der Waals surface area (Å²) in [5, 5.41) is 12.0. The molecule has 10 aromatic carbocycles. The topological polar surface area (TPSA) is 0 Å². The van der Waals surface area contributed by atoms with Crippen molar-refractivity contribution < 1.29 is 0 Å². The van der Waals surface area contributed by atoms with Crippen LogP contribution in [0.25, 0.3) is 93.2 Å². The van der Waals surface area contributed by atoms with E-state index in [2.05, 4.69) is 194 Å². The van der Waals surface area contributed by atoms with Crippen LogP contribution in [0.3, 0.4) is 0 Å². The van der Waals surface area contributed by atoms with Gasteiger partial charge in [-0.25, -0.2) is 0 Å². The third kappa shape index (κ3) is 4.99. The molecule has 1 aliphatic rings. The zero-order chi connectivity index (χ0) is 35.6. The lowest BCUT2D eigenvalue weighted by molar-refractivity contribution is 1.01. The van der Waals surface area contributed by atoms with E-state index in [1.54, 1.807) is 0 Å². The fourth-order valence-corrected chi connectivity index (χ4v) is 9.15. The summed E-state index contributed by atoms with van der Waals surface area (Å²) in [5.41, 5.74) is 14.2. The van der Waals surface area contributed by atoms with Gasteiger partial charge in [0.1, 0.15) is 0 Å². The van der Waals surface area contributed by atoms with Crippen LogP contribution in [0.4, 0.5) is 0 Å². The molecule has 0 saturated heterocycles. The molecule has 0 nitrogen and oxygen atoms in total. The molecule has 0 heteroatoms. The first-order chi connectivity index (χ1) is 26.8. The summed E-state index contributed by atoms with van der Waals surface area (Å²) in [6.45, 7) is 0. The summed E-state index contributed by atoms with van der Waals surface area (Å²) < 4.78 is 0. The maximum absolute atomic E-state index is 2.40. The van der Waals surface area contributed by atoms with Crippen molar-refractivity contribution in [2.75, 3.05) is 0 Å². The molecule has 11 rings (SSSR count). The fraction of sp³-hybridized carbons (Fsp3) is 0.0370. The van der Waals surface area contributed by atoms with E-state index in [4.69, 9.17) is 0 Å². The van der Waals surface area contributed by atoms with Crippen molar-refractivity contribution in [1.82, 2.24) is 0 Å². The summed E-state index contributed by atoms with van der Waals surface area (Å²) in [6.07, 6.45) is 2.07. The molecule has 1 aliphatic carbocycles. The summed E-state index contributed by atoms with van der Waals surface area (Å²) in [5.74, 6) is 0. The standard InChI is InChI=1S/C54H36/c1-3-11-35(12-4-1)43-32-44(36-13-5-2-6-14-36)34-45(33-43)37-19-21-38(22-20-37)46-27-23-39-25-29-50-51(30-26-40-24-28-49(46)52(39)53(40)50)54-47-17-9-7-15-41(47)31-42-16-8-10-18-48(42)54/h1-22,24-26,28-34H,23,27H2. The first-order valence-electron chi connectivity index (χ1n) is 19.0. The van der Waals surface area contributed by atoms with Crippen molar-refractivity contribution in [2.45, 2.75) is 12.8 Å². The molecule has 10 aromatic rings. The molecule has 0 radical (unpaired) electrons. The van der Waals surface area contributed by atoms with Crippen LogP contribution in [0.5, 0.6) is 0 Å². The SMILES string of the molecule is c1ccc(-c2cc(-c3ccccc3)cc(-c3ccc(C4=c5ccc6ccc(-c7c8ccccc8cc8ccccc78)c7ccc(c5c67)CC4)cc3)c2)cc1. The van der Waals surface area contributed by atoms with Gasteiger partial charge in [0.05, 0.1) is 0 Å². The quantitative estimate of drug-likeness (QED) is 0.158. The fourth-order valence-electron chi connectivity index (χ4n) is 9.15. The zero-order valence-electron chi connectivity index (χ0n) is 29.9. The molecule has 0 heterocycles. The third-order valence-corrected chi connectivity index (χ3v) is 11.7. The van der Waals surface area contributed by atoms with Crippen LogP contribution in [-0.2, 0) is 6.42 Å². The van der Waals surface area contributed by atoms with Gasteiger partial charge in [0.2, 0.25) is 0 Å². The van der Waals surface area contributed by atoms with E-state index in [1.165, 1.54) is 110 Å². The average molecular weight is 685 g/mol. The third-order valence-electron chi connectivity index (χ3n) is 11.7. The molecular formula is C54H36. The minimum atomic E-state index is 1.03. The van der Waals surface area contributed by atoms with E-state index in [-0.39, 0.29) is 0 Å². The highest BCUT2D eigenvalue weighted by molar-refractivity contribution is 6.22. The maximum atomic E-state index is 2.40. The van der Waals surface area contributed by atoms with Gasteiger partial charge in [0.15, 0.2) is 0 Å². The van der Waals surface area contributed by atoms with Crippen molar-refractivity contribution in [3.63, 3.8) is 0 Å². The molecule has 0 fully saturated rings. The van der Waals surface area contributed by atoms with E-state index in [1.807, 2.05) is 0 Å². The Morgan fingerprint density at radius 3 is 1.46 bits per heavy atom. The normalized spacial score (nSPS) is 12.6. The average Bonchev–Trinajstić information content (AvgIpc) is 3.25. The van der Waals surface area contributed by atoms with Crippen LogP contribution in [0.1, 0.15) is 17.5 Å². The number of benzene rings is 10. The van der Waals surface area contributed by atoms with E-state index in [0.29, 0.717) is 0 Å². The molecule has 54 heavy (non-hydrogen) atoms. The van der Waals surface area contributed by atoms with Crippen LogP contribution in [0.2, 0.25) is 0 Å². The lowest BCUT2D eigenvalue weighted by atomic mass is 9.82. The van der Waals surface area contributed by atoms with E-state index < -0.39 is 0 Å². The number of hydrogen-bond donors (Lipinski definition) is 0. The van der Waals surface area contributed by atoms with Gasteiger partial charge < -0.3 is 0 Å².